The second kappa shape index (κ2) is 9.70. The molecule has 0 spiro atoms. The van der Waals surface area contributed by atoms with Gasteiger partial charge < -0.3 is 13.6 Å². The summed E-state index contributed by atoms with van der Waals surface area (Å²) in [4.78, 5) is 0. The molecule has 32 heavy (non-hydrogen) atoms. The van der Waals surface area contributed by atoms with Crippen LogP contribution in [0.4, 0.5) is 0 Å². The quantitative estimate of drug-likeness (QED) is 0.224. The zero-order valence-electron chi connectivity index (χ0n) is 18.5. The van der Waals surface area contributed by atoms with Crippen LogP contribution in [0.15, 0.2) is 97.6 Å². The molecule has 4 rings (SSSR count). The molecule has 1 unspecified atom stereocenters. The van der Waals surface area contributed by atoms with Crippen LogP contribution in [0, 0.1) is 0 Å². The van der Waals surface area contributed by atoms with E-state index in [9.17, 15) is 4.57 Å². The highest BCUT2D eigenvalue weighted by Crippen LogP contribution is 2.48. The maximum absolute atomic E-state index is 13.7. The maximum atomic E-state index is 13.7. The first-order chi connectivity index (χ1) is 15.6. The van der Waals surface area contributed by atoms with E-state index < -0.39 is 7.60 Å². The van der Waals surface area contributed by atoms with Gasteiger partial charge in [-0.1, -0.05) is 91.0 Å². The molecule has 0 aliphatic carbocycles. The van der Waals surface area contributed by atoms with Gasteiger partial charge in [-0.3, -0.25) is 4.57 Å². The van der Waals surface area contributed by atoms with Crippen molar-refractivity contribution in [3.63, 3.8) is 0 Å². The Morgan fingerprint density at radius 2 is 1.44 bits per heavy atom. The SMILES string of the molecule is C=CC(Cc1c2ccccc2c(P(=O)(OC)OC)n1Cc1ccccc1)c1ccccc1. The molecule has 1 aromatic heterocycles. The summed E-state index contributed by atoms with van der Waals surface area (Å²) in [5.41, 5.74) is 3.99. The Kier molecular flexibility index (Phi) is 6.76. The van der Waals surface area contributed by atoms with E-state index in [2.05, 4.69) is 41.5 Å². The third kappa shape index (κ3) is 4.22. The standard InChI is InChI=1S/C27H28NO3P/c1-4-22(23-15-9-6-10-16-23)19-26-24-17-11-12-18-25(24)27(32(29,30-2)31-3)28(26)20-21-13-7-5-8-14-21/h4-18,22H,1,19-20H2,2-3H3. The second-order valence-corrected chi connectivity index (χ2v) is 9.86. The van der Waals surface area contributed by atoms with Crippen LogP contribution in [0.1, 0.15) is 22.7 Å². The average molecular weight is 445 g/mol. The van der Waals surface area contributed by atoms with Crippen LogP contribution < -0.4 is 5.44 Å². The molecule has 1 atom stereocenters. The molecule has 0 aliphatic rings. The number of hydrogen-bond acceptors (Lipinski definition) is 3. The van der Waals surface area contributed by atoms with Crippen molar-refractivity contribution in [3.05, 3.63) is 114 Å². The largest absolute Gasteiger partial charge is 0.377 e. The van der Waals surface area contributed by atoms with E-state index in [1.165, 1.54) is 19.8 Å². The van der Waals surface area contributed by atoms with Gasteiger partial charge in [0.2, 0.25) is 0 Å². The summed E-state index contributed by atoms with van der Waals surface area (Å²) in [5.74, 6) is 0.112. The first-order valence-electron chi connectivity index (χ1n) is 10.6. The Bertz CT molecular complexity index is 1240. The number of nitrogens with zero attached hydrogens (tertiary/aromatic N) is 1. The lowest BCUT2D eigenvalue weighted by Gasteiger charge is -2.21. The summed E-state index contributed by atoms with van der Waals surface area (Å²) in [7, 11) is -0.640. The number of rotatable bonds is 9. The summed E-state index contributed by atoms with van der Waals surface area (Å²) in [5, 5.41) is 1.94. The van der Waals surface area contributed by atoms with Gasteiger partial charge in [0.1, 0.15) is 5.44 Å². The molecule has 1 heterocycles. The lowest BCUT2D eigenvalue weighted by Crippen LogP contribution is -2.22. The van der Waals surface area contributed by atoms with E-state index in [0.717, 1.165) is 22.0 Å². The molecule has 0 radical (unpaired) electrons. The minimum atomic E-state index is -3.52. The lowest BCUT2D eigenvalue weighted by molar-refractivity contribution is 0.286. The summed E-state index contributed by atoms with van der Waals surface area (Å²) in [6.07, 6.45) is 2.70. The van der Waals surface area contributed by atoms with Gasteiger partial charge in [-0.15, -0.1) is 6.58 Å². The highest BCUT2D eigenvalue weighted by Gasteiger charge is 2.34. The highest BCUT2D eigenvalue weighted by atomic mass is 31.2. The summed E-state index contributed by atoms with van der Waals surface area (Å²) in [6.45, 7) is 4.67. The summed E-state index contributed by atoms with van der Waals surface area (Å²) in [6, 6.07) is 28.6. The Morgan fingerprint density at radius 3 is 2.03 bits per heavy atom. The van der Waals surface area contributed by atoms with Crippen molar-refractivity contribution in [1.29, 1.82) is 0 Å². The van der Waals surface area contributed by atoms with Crippen molar-refractivity contribution in [3.8, 4) is 0 Å². The van der Waals surface area contributed by atoms with Crippen molar-refractivity contribution < 1.29 is 13.6 Å². The molecule has 0 aliphatic heterocycles. The maximum Gasteiger partial charge on any atom is 0.377 e. The molecule has 3 aromatic carbocycles. The zero-order valence-corrected chi connectivity index (χ0v) is 19.4. The average Bonchev–Trinajstić information content (AvgIpc) is 3.16. The van der Waals surface area contributed by atoms with Crippen LogP contribution in [0.25, 0.3) is 10.8 Å². The Morgan fingerprint density at radius 1 is 0.875 bits per heavy atom. The van der Waals surface area contributed by atoms with Crippen LogP contribution in [0.2, 0.25) is 0 Å². The number of fused-ring (bicyclic) bond motifs is 1. The highest BCUT2D eigenvalue weighted by molar-refractivity contribution is 7.62. The van der Waals surface area contributed by atoms with Crippen LogP contribution in [-0.4, -0.2) is 18.8 Å². The Hall–Kier alpha value is -2.91. The molecule has 4 aromatic rings. The Labute approximate surface area is 189 Å². The fourth-order valence-corrected chi connectivity index (χ4v) is 5.77. The van der Waals surface area contributed by atoms with Gasteiger partial charge in [-0.25, -0.2) is 0 Å². The molecule has 4 nitrogen and oxygen atoms in total. The van der Waals surface area contributed by atoms with Crippen molar-refractivity contribution in [2.45, 2.75) is 18.9 Å². The molecular weight excluding hydrogens is 417 g/mol. The monoisotopic (exact) mass is 445 g/mol. The number of aromatic nitrogens is 1. The summed E-state index contributed by atoms with van der Waals surface area (Å²) < 4.78 is 26.8. The number of allylic oxidation sites excluding steroid dienone is 1. The molecule has 0 bridgehead atoms. The normalized spacial score (nSPS) is 12.7. The predicted octanol–water partition coefficient (Wildman–Crippen LogP) is 6.31. The van der Waals surface area contributed by atoms with Gasteiger partial charge in [0.25, 0.3) is 0 Å². The van der Waals surface area contributed by atoms with E-state index in [1.54, 1.807) is 0 Å². The second-order valence-electron chi connectivity index (χ2n) is 7.71. The van der Waals surface area contributed by atoms with E-state index in [0.29, 0.717) is 18.4 Å². The van der Waals surface area contributed by atoms with Crippen molar-refractivity contribution in [2.75, 3.05) is 14.2 Å². The number of benzene rings is 3. The van der Waals surface area contributed by atoms with Crippen molar-refractivity contribution in [2.24, 2.45) is 0 Å². The molecule has 0 amide bonds. The molecular formula is C27H28NO3P. The first-order valence-corrected chi connectivity index (χ1v) is 12.2. The third-order valence-corrected chi connectivity index (χ3v) is 7.87. The van der Waals surface area contributed by atoms with E-state index in [-0.39, 0.29) is 5.92 Å². The predicted molar refractivity (Wildman–Crippen MR) is 132 cm³/mol. The summed E-state index contributed by atoms with van der Waals surface area (Å²) >= 11 is 0. The van der Waals surface area contributed by atoms with Gasteiger partial charge >= 0.3 is 7.60 Å². The van der Waals surface area contributed by atoms with E-state index >= 15 is 0 Å². The van der Waals surface area contributed by atoms with Crippen molar-refractivity contribution >= 4 is 23.8 Å². The fourth-order valence-electron chi connectivity index (χ4n) is 4.29. The van der Waals surface area contributed by atoms with Crippen LogP contribution >= 0.6 is 7.60 Å². The van der Waals surface area contributed by atoms with Crippen LogP contribution in [0.3, 0.4) is 0 Å². The number of hydrogen-bond donors (Lipinski definition) is 0. The first kappa shape index (κ1) is 22.3. The Balaban J connectivity index is 1.95. The minimum Gasteiger partial charge on any atom is -0.333 e. The lowest BCUT2D eigenvalue weighted by atomic mass is 9.93. The topological polar surface area (TPSA) is 40.5 Å². The van der Waals surface area contributed by atoms with E-state index in [4.69, 9.17) is 9.05 Å². The van der Waals surface area contributed by atoms with E-state index in [1.807, 2.05) is 60.7 Å². The molecule has 5 heteroatoms. The molecule has 0 N–H and O–H groups in total. The van der Waals surface area contributed by atoms with Crippen LogP contribution in [-0.2, 0) is 26.6 Å². The molecule has 0 fully saturated rings. The van der Waals surface area contributed by atoms with Gasteiger partial charge in [0.15, 0.2) is 0 Å². The van der Waals surface area contributed by atoms with Crippen LogP contribution in [0.5, 0.6) is 0 Å². The smallest absolute Gasteiger partial charge is 0.333 e. The fraction of sp³-hybridized carbons (Fsp3) is 0.185. The zero-order chi connectivity index (χ0) is 22.6. The van der Waals surface area contributed by atoms with Gasteiger partial charge in [-0.05, 0) is 17.5 Å². The van der Waals surface area contributed by atoms with Gasteiger partial charge in [-0.2, -0.15) is 0 Å². The van der Waals surface area contributed by atoms with Gasteiger partial charge in [0.05, 0.1) is 0 Å². The van der Waals surface area contributed by atoms with Crippen molar-refractivity contribution in [1.82, 2.24) is 4.57 Å². The molecule has 0 saturated heterocycles. The van der Waals surface area contributed by atoms with Gasteiger partial charge in [0, 0.05) is 43.1 Å². The third-order valence-electron chi connectivity index (χ3n) is 5.91. The molecule has 164 valence electrons. The molecule has 0 saturated carbocycles. The minimum absolute atomic E-state index is 0.112.